The zero-order chi connectivity index (χ0) is 14.8. The lowest BCUT2D eigenvalue weighted by Gasteiger charge is -2.20. The van der Waals surface area contributed by atoms with Crippen molar-refractivity contribution in [1.29, 1.82) is 0 Å². The van der Waals surface area contributed by atoms with Gasteiger partial charge >= 0.3 is 5.97 Å². The molecule has 1 N–H and O–H groups in total. The topological polar surface area (TPSA) is 85.5 Å². The first-order valence-corrected chi connectivity index (χ1v) is 6.12. The summed E-state index contributed by atoms with van der Waals surface area (Å²) in [7, 11) is 1.62. The van der Waals surface area contributed by atoms with Gasteiger partial charge in [0.25, 0.3) is 0 Å². The average Bonchev–Trinajstić information content (AvgIpc) is 2.86. The molecule has 0 aliphatic heterocycles. The third kappa shape index (κ3) is 3.21. The van der Waals surface area contributed by atoms with E-state index in [0.29, 0.717) is 23.8 Å². The van der Waals surface area contributed by atoms with Crippen LogP contribution in [0.4, 0.5) is 0 Å². The van der Waals surface area contributed by atoms with Crippen LogP contribution in [0.3, 0.4) is 0 Å². The highest BCUT2D eigenvalue weighted by Crippen LogP contribution is 2.22. The van der Waals surface area contributed by atoms with Crippen LogP contribution in [0.15, 0.2) is 28.7 Å². The van der Waals surface area contributed by atoms with Crippen molar-refractivity contribution in [3.05, 3.63) is 35.7 Å². The first-order valence-electron chi connectivity index (χ1n) is 6.12. The molecule has 0 atom stereocenters. The van der Waals surface area contributed by atoms with Crippen molar-refractivity contribution in [2.24, 2.45) is 0 Å². The number of methoxy groups -OCH3 is 1. The number of hydrogen-bond acceptors (Lipinski definition) is 5. The molecule has 6 heteroatoms. The number of aromatic nitrogens is 2. The minimum Gasteiger partial charge on any atom is -0.478 e. The van der Waals surface area contributed by atoms with Gasteiger partial charge in [0, 0.05) is 12.7 Å². The van der Waals surface area contributed by atoms with Gasteiger partial charge in [-0.1, -0.05) is 6.07 Å². The largest absolute Gasteiger partial charge is 0.478 e. The van der Waals surface area contributed by atoms with E-state index in [0.717, 1.165) is 0 Å². The van der Waals surface area contributed by atoms with E-state index in [1.165, 1.54) is 12.1 Å². The fourth-order valence-electron chi connectivity index (χ4n) is 1.66. The molecule has 2 rings (SSSR count). The van der Waals surface area contributed by atoms with Gasteiger partial charge in [-0.2, -0.15) is 0 Å². The molecule has 0 fully saturated rings. The van der Waals surface area contributed by atoms with Crippen LogP contribution in [0, 0.1) is 0 Å². The normalized spacial score (nSPS) is 11.6. The van der Waals surface area contributed by atoms with E-state index in [9.17, 15) is 4.79 Å². The van der Waals surface area contributed by atoms with Crippen molar-refractivity contribution in [2.75, 3.05) is 7.11 Å². The van der Waals surface area contributed by atoms with Crippen molar-refractivity contribution in [2.45, 2.75) is 25.9 Å². The Hall–Kier alpha value is -2.21. The van der Waals surface area contributed by atoms with Crippen LogP contribution in [0.25, 0.3) is 11.5 Å². The van der Waals surface area contributed by atoms with E-state index >= 15 is 0 Å². The van der Waals surface area contributed by atoms with Crippen molar-refractivity contribution < 1.29 is 19.1 Å². The summed E-state index contributed by atoms with van der Waals surface area (Å²) in [6.07, 6.45) is 0.481. The Morgan fingerprint density at radius 2 is 2.15 bits per heavy atom. The molecular weight excluding hydrogens is 260 g/mol. The van der Waals surface area contributed by atoms with Gasteiger partial charge in [-0.15, -0.1) is 10.2 Å². The average molecular weight is 276 g/mol. The van der Waals surface area contributed by atoms with E-state index in [-0.39, 0.29) is 5.56 Å². The monoisotopic (exact) mass is 276 g/mol. The lowest BCUT2D eigenvalue weighted by Crippen LogP contribution is -2.25. The Bertz CT molecular complexity index is 619. The summed E-state index contributed by atoms with van der Waals surface area (Å²) in [5.74, 6) is -0.241. The molecule has 1 aromatic heterocycles. The zero-order valence-electron chi connectivity index (χ0n) is 11.6. The van der Waals surface area contributed by atoms with Gasteiger partial charge < -0.3 is 14.3 Å². The molecule has 0 bridgehead atoms. The van der Waals surface area contributed by atoms with E-state index in [2.05, 4.69) is 10.2 Å². The first-order chi connectivity index (χ1) is 9.41. The van der Waals surface area contributed by atoms with Crippen LogP contribution in [-0.2, 0) is 11.2 Å². The van der Waals surface area contributed by atoms with Crippen molar-refractivity contribution in [1.82, 2.24) is 10.2 Å². The molecule has 0 saturated heterocycles. The molecule has 0 radical (unpaired) electrons. The van der Waals surface area contributed by atoms with Crippen LogP contribution in [-0.4, -0.2) is 34.0 Å². The Morgan fingerprint density at radius 3 is 2.80 bits per heavy atom. The fraction of sp³-hybridized carbons (Fsp3) is 0.357. The van der Waals surface area contributed by atoms with E-state index in [1.807, 2.05) is 13.8 Å². The summed E-state index contributed by atoms with van der Waals surface area (Å²) in [5, 5.41) is 16.9. The van der Waals surface area contributed by atoms with Crippen molar-refractivity contribution in [3.8, 4) is 11.5 Å². The third-order valence-corrected chi connectivity index (χ3v) is 2.95. The molecule has 2 aromatic rings. The Labute approximate surface area is 116 Å². The SMILES string of the molecule is COC(C)(C)Cc1nnc(-c2cccc(C(=O)O)c2)o1. The fourth-order valence-corrected chi connectivity index (χ4v) is 1.66. The molecule has 106 valence electrons. The number of rotatable bonds is 5. The van der Waals surface area contributed by atoms with Crippen LogP contribution in [0.1, 0.15) is 30.1 Å². The number of carboxylic acids is 1. The van der Waals surface area contributed by atoms with Crippen LogP contribution >= 0.6 is 0 Å². The molecule has 1 heterocycles. The second-order valence-corrected chi connectivity index (χ2v) is 5.03. The minimum atomic E-state index is -0.993. The first kappa shape index (κ1) is 14.2. The second-order valence-electron chi connectivity index (χ2n) is 5.03. The zero-order valence-corrected chi connectivity index (χ0v) is 11.6. The number of nitrogens with zero attached hydrogens (tertiary/aromatic N) is 2. The van der Waals surface area contributed by atoms with Gasteiger partial charge in [0.05, 0.1) is 17.6 Å². The van der Waals surface area contributed by atoms with Crippen molar-refractivity contribution in [3.63, 3.8) is 0 Å². The summed E-state index contributed by atoms with van der Waals surface area (Å²) in [6, 6.07) is 6.38. The van der Waals surface area contributed by atoms with E-state index in [1.54, 1.807) is 19.2 Å². The summed E-state index contributed by atoms with van der Waals surface area (Å²) < 4.78 is 10.8. The molecule has 20 heavy (non-hydrogen) atoms. The maximum atomic E-state index is 10.9. The van der Waals surface area contributed by atoms with Gasteiger partial charge in [-0.3, -0.25) is 0 Å². The highest BCUT2D eigenvalue weighted by Gasteiger charge is 2.21. The number of aromatic carboxylic acids is 1. The summed E-state index contributed by atoms with van der Waals surface area (Å²) in [4.78, 5) is 10.9. The standard InChI is InChI=1S/C14H16N2O4/c1-14(2,19-3)8-11-15-16-12(20-11)9-5-4-6-10(7-9)13(17)18/h4-7H,8H2,1-3H3,(H,17,18). The van der Waals surface area contributed by atoms with Gasteiger partial charge in [0.2, 0.25) is 11.8 Å². The molecule has 0 aliphatic carbocycles. The molecule has 0 amide bonds. The van der Waals surface area contributed by atoms with Gasteiger partial charge in [0.15, 0.2) is 0 Å². The second kappa shape index (κ2) is 5.42. The van der Waals surface area contributed by atoms with Crippen molar-refractivity contribution >= 4 is 5.97 Å². The molecule has 6 nitrogen and oxygen atoms in total. The molecule has 0 spiro atoms. The summed E-state index contributed by atoms with van der Waals surface area (Å²) >= 11 is 0. The van der Waals surface area contributed by atoms with Gasteiger partial charge in [-0.25, -0.2) is 4.79 Å². The molecule has 0 saturated carbocycles. The Kier molecular flexibility index (Phi) is 3.85. The third-order valence-electron chi connectivity index (χ3n) is 2.95. The summed E-state index contributed by atoms with van der Waals surface area (Å²) in [6.45, 7) is 3.84. The number of hydrogen-bond donors (Lipinski definition) is 1. The quantitative estimate of drug-likeness (QED) is 0.902. The molecule has 0 aliphatic rings. The Morgan fingerprint density at radius 1 is 1.40 bits per heavy atom. The van der Waals surface area contributed by atoms with Crippen LogP contribution in [0.5, 0.6) is 0 Å². The number of carboxylic acid groups (broad SMARTS) is 1. The Balaban J connectivity index is 2.25. The molecular formula is C14H16N2O4. The molecule has 1 aromatic carbocycles. The number of ether oxygens (including phenoxy) is 1. The van der Waals surface area contributed by atoms with E-state index in [4.69, 9.17) is 14.3 Å². The predicted molar refractivity (Wildman–Crippen MR) is 71.5 cm³/mol. The highest BCUT2D eigenvalue weighted by molar-refractivity contribution is 5.88. The van der Waals surface area contributed by atoms with Gasteiger partial charge in [-0.05, 0) is 32.0 Å². The predicted octanol–water partition coefficient (Wildman–Crippen LogP) is 2.40. The number of benzene rings is 1. The maximum absolute atomic E-state index is 10.9. The smallest absolute Gasteiger partial charge is 0.335 e. The lowest BCUT2D eigenvalue weighted by atomic mass is 10.1. The van der Waals surface area contributed by atoms with Crippen LogP contribution < -0.4 is 0 Å². The number of carbonyl (C=O) groups is 1. The molecule has 0 unspecified atom stereocenters. The van der Waals surface area contributed by atoms with Crippen LogP contribution in [0.2, 0.25) is 0 Å². The van der Waals surface area contributed by atoms with Gasteiger partial charge in [0.1, 0.15) is 0 Å². The van der Waals surface area contributed by atoms with E-state index < -0.39 is 11.6 Å². The lowest BCUT2D eigenvalue weighted by molar-refractivity contribution is 0.0182. The summed E-state index contributed by atoms with van der Waals surface area (Å²) in [5.41, 5.74) is 0.366. The highest BCUT2D eigenvalue weighted by atomic mass is 16.5. The maximum Gasteiger partial charge on any atom is 0.335 e. The minimum absolute atomic E-state index is 0.180.